The van der Waals surface area contributed by atoms with Crippen LogP contribution in [0.2, 0.25) is 0 Å². The monoisotopic (exact) mass is 506 g/mol. The average Bonchev–Trinajstić information content (AvgIpc) is 3.32. The van der Waals surface area contributed by atoms with Crippen molar-refractivity contribution in [2.45, 2.75) is 69.2 Å². The molecule has 0 unspecified atom stereocenters. The molecule has 3 amide bonds. The first kappa shape index (κ1) is 26.8. The SMILES string of the molecule is CC[C@H](N)C(=O)N[C@@H]1C(=O)N2[C@@H](CC[C@@H]1COC)CC[C@H]2C(=O)NC(c1ccccc1)c1ccccc1. The van der Waals surface area contributed by atoms with Crippen LogP contribution in [-0.4, -0.2) is 60.5 Å². The van der Waals surface area contributed by atoms with Crippen LogP contribution >= 0.6 is 0 Å². The number of nitrogens with zero attached hydrogens (tertiary/aromatic N) is 1. The Hall–Kier alpha value is -3.23. The summed E-state index contributed by atoms with van der Waals surface area (Å²) in [5.74, 6) is -0.945. The van der Waals surface area contributed by atoms with Crippen LogP contribution in [0.25, 0.3) is 0 Å². The molecule has 0 bridgehead atoms. The Morgan fingerprint density at radius 1 is 1.00 bits per heavy atom. The quantitative estimate of drug-likeness (QED) is 0.484. The summed E-state index contributed by atoms with van der Waals surface area (Å²) < 4.78 is 5.40. The molecule has 8 heteroatoms. The van der Waals surface area contributed by atoms with Crippen molar-refractivity contribution in [1.29, 1.82) is 0 Å². The van der Waals surface area contributed by atoms with Gasteiger partial charge in [0.2, 0.25) is 17.7 Å². The van der Waals surface area contributed by atoms with Gasteiger partial charge in [-0.1, -0.05) is 67.6 Å². The second-order valence-corrected chi connectivity index (χ2v) is 10.0. The maximum atomic E-state index is 13.9. The van der Waals surface area contributed by atoms with Gasteiger partial charge in [-0.3, -0.25) is 14.4 Å². The van der Waals surface area contributed by atoms with E-state index < -0.39 is 18.1 Å². The maximum absolute atomic E-state index is 13.9. The lowest BCUT2D eigenvalue weighted by molar-refractivity contribution is -0.144. The van der Waals surface area contributed by atoms with E-state index in [0.29, 0.717) is 19.4 Å². The molecule has 0 aromatic heterocycles. The molecule has 8 nitrogen and oxygen atoms in total. The Kier molecular flexibility index (Phi) is 8.95. The number of benzene rings is 2. The number of hydrogen-bond donors (Lipinski definition) is 3. The molecule has 198 valence electrons. The van der Waals surface area contributed by atoms with Crippen molar-refractivity contribution >= 4 is 17.7 Å². The van der Waals surface area contributed by atoms with Gasteiger partial charge in [0.25, 0.3) is 0 Å². The van der Waals surface area contributed by atoms with Crippen molar-refractivity contribution in [2.75, 3.05) is 13.7 Å². The second-order valence-electron chi connectivity index (χ2n) is 10.0. The zero-order chi connectivity index (χ0) is 26.4. The highest BCUT2D eigenvalue weighted by Gasteiger charge is 2.47. The molecule has 2 aliphatic heterocycles. The van der Waals surface area contributed by atoms with Crippen molar-refractivity contribution < 1.29 is 19.1 Å². The molecule has 2 aromatic carbocycles. The number of nitrogens with two attached hydrogens (primary N) is 1. The van der Waals surface area contributed by atoms with E-state index in [2.05, 4.69) is 10.6 Å². The van der Waals surface area contributed by atoms with Gasteiger partial charge in [-0.15, -0.1) is 0 Å². The summed E-state index contributed by atoms with van der Waals surface area (Å²) in [5, 5.41) is 6.11. The summed E-state index contributed by atoms with van der Waals surface area (Å²) in [6.07, 6.45) is 3.29. The van der Waals surface area contributed by atoms with Crippen LogP contribution in [0.4, 0.5) is 0 Å². The number of rotatable bonds is 9. The van der Waals surface area contributed by atoms with Gasteiger partial charge in [0.1, 0.15) is 12.1 Å². The van der Waals surface area contributed by atoms with Gasteiger partial charge >= 0.3 is 0 Å². The molecule has 0 saturated carbocycles. The predicted molar refractivity (Wildman–Crippen MR) is 141 cm³/mol. The Bertz CT molecular complexity index is 1020. The number of ether oxygens (including phenoxy) is 1. The standard InChI is InChI=1S/C29H38N4O4/c1-3-23(30)27(34)32-26-21(18-37-2)14-15-22-16-17-24(33(22)29(26)36)28(35)31-25(19-10-6-4-7-11-19)20-12-8-5-9-13-20/h4-13,21-26H,3,14-18,30H2,1-2H3,(H,31,35)(H,32,34)/t21-,22+,23+,24+,26+/m1/s1. The summed E-state index contributed by atoms with van der Waals surface area (Å²) in [5.41, 5.74) is 7.89. The zero-order valence-electron chi connectivity index (χ0n) is 21.6. The molecule has 2 heterocycles. The molecular formula is C29H38N4O4. The van der Waals surface area contributed by atoms with Crippen molar-refractivity contribution in [1.82, 2.24) is 15.5 Å². The molecule has 2 aromatic rings. The average molecular weight is 507 g/mol. The number of nitrogens with one attached hydrogen (secondary N) is 2. The molecule has 0 aliphatic carbocycles. The third-order valence-corrected chi connectivity index (χ3v) is 7.68. The molecule has 0 radical (unpaired) electrons. The fraction of sp³-hybridized carbons (Fsp3) is 0.483. The van der Waals surface area contributed by atoms with Crippen molar-refractivity contribution in [2.24, 2.45) is 11.7 Å². The molecule has 2 fully saturated rings. The molecule has 5 atom stereocenters. The largest absolute Gasteiger partial charge is 0.384 e. The first-order chi connectivity index (χ1) is 17.9. The van der Waals surface area contributed by atoms with E-state index in [-0.39, 0.29) is 35.7 Å². The van der Waals surface area contributed by atoms with E-state index in [4.69, 9.17) is 10.5 Å². The summed E-state index contributed by atoms with van der Waals surface area (Å²) >= 11 is 0. The highest BCUT2D eigenvalue weighted by molar-refractivity contribution is 5.94. The molecule has 2 saturated heterocycles. The smallest absolute Gasteiger partial charge is 0.246 e. The van der Waals surface area contributed by atoms with Gasteiger partial charge in [-0.05, 0) is 43.2 Å². The molecule has 4 N–H and O–H groups in total. The highest BCUT2D eigenvalue weighted by Crippen LogP contribution is 2.35. The first-order valence-corrected chi connectivity index (χ1v) is 13.2. The van der Waals surface area contributed by atoms with Gasteiger partial charge in [0.15, 0.2) is 0 Å². The minimum Gasteiger partial charge on any atom is -0.384 e. The summed E-state index contributed by atoms with van der Waals surface area (Å²) in [6.45, 7) is 2.18. The second kappa shape index (κ2) is 12.3. The van der Waals surface area contributed by atoms with Crippen LogP contribution in [0.15, 0.2) is 60.7 Å². The zero-order valence-corrected chi connectivity index (χ0v) is 21.6. The minimum atomic E-state index is -0.775. The predicted octanol–water partition coefficient (Wildman–Crippen LogP) is 2.53. The lowest BCUT2D eigenvalue weighted by atomic mass is 9.93. The molecule has 37 heavy (non-hydrogen) atoms. The highest BCUT2D eigenvalue weighted by atomic mass is 16.5. The van der Waals surface area contributed by atoms with Crippen LogP contribution in [0, 0.1) is 5.92 Å². The van der Waals surface area contributed by atoms with Crippen molar-refractivity contribution in [3.63, 3.8) is 0 Å². The molecule has 4 rings (SSSR count). The van der Waals surface area contributed by atoms with Crippen LogP contribution in [0.1, 0.15) is 56.2 Å². The molecule has 2 aliphatic rings. The summed E-state index contributed by atoms with van der Waals surface area (Å²) in [6, 6.07) is 17.2. The number of carbonyl (C=O) groups excluding carboxylic acids is 3. The van der Waals surface area contributed by atoms with Gasteiger partial charge in [0.05, 0.1) is 18.7 Å². The Labute approximate surface area is 218 Å². The van der Waals surface area contributed by atoms with E-state index in [1.807, 2.05) is 67.6 Å². The maximum Gasteiger partial charge on any atom is 0.246 e. The lowest BCUT2D eigenvalue weighted by Gasteiger charge is -2.33. The van der Waals surface area contributed by atoms with Gasteiger partial charge in [0, 0.05) is 19.1 Å². The number of carbonyl (C=O) groups is 3. The third kappa shape index (κ3) is 6.02. The lowest BCUT2D eigenvalue weighted by Crippen LogP contribution is -2.58. The number of methoxy groups -OCH3 is 1. The Balaban J connectivity index is 1.58. The fourth-order valence-electron chi connectivity index (χ4n) is 5.60. The van der Waals surface area contributed by atoms with E-state index >= 15 is 0 Å². The van der Waals surface area contributed by atoms with Gasteiger partial charge < -0.3 is 26.0 Å². The third-order valence-electron chi connectivity index (χ3n) is 7.68. The van der Waals surface area contributed by atoms with Crippen molar-refractivity contribution in [3.05, 3.63) is 71.8 Å². The van der Waals surface area contributed by atoms with E-state index in [1.54, 1.807) is 12.0 Å². The first-order valence-electron chi connectivity index (χ1n) is 13.2. The van der Waals surface area contributed by atoms with E-state index in [1.165, 1.54) is 0 Å². The van der Waals surface area contributed by atoms with Gasteiger partial charge in [-0.2, -0.15) is 0 Å². The van der Waals surface area contributed by atoms with E-state index in [9.17, 15) is 14.4 Å². The number of hydrogen-bond acceptors (Lipinski definition) is 5. The summed E-state index contributed by atoms with van der Waals surface area (Å²) in [7, 11) is 1.59. The Morgan fingerprint density at radius 3 is 2.16 bits per heavy atom. The minimum absolute atomic E-state index is 0.0451. The van der Waals surface area contributed by atoms with Crippen molar-refractivity contribution in [3.8, 4) is 0 Å². The van der Waals surface area contributed by atoms with E-state index in [0.717, 1.165) is 30.4 Å². The fourth-order valence-corrected chi connectivity index (χ4v) is 5.60. The van der Waals surface area contributed by atoms with Crippen LogP contribution in [0.5, 0.6) is 0 Å². The topological polar surface area (TPSA) is 114 Å². The Morgan fingerprint density at radius 2 is 1.59 bits per heavy atom. The molecule has 0 spiro atoms. The number of amides is 3. The van der Waals surface area contributed by atoms with Crippen LogP contribution in [-0.2, 0) is 19.1 Å². The molecular weight excluding hydrogens is 468 g/mol. The van der Waals surface area contributed by atoms with Crippen LogP contribution < -0.4 is 16.4 Å². The van der Waals surface area contributed by atoms with Crippen LogP contribution in [0.3, 0.4) is 0 Å². The number of fused-ring (bicyclic) bond motifs is 1. The normalized spacial score (nSPS) is 24.3. The van der Waals surface area contributed by atoms with Gasteiger partial charge in [-0.25, -0.2) is 0 Å². The summed E-state index contributed by atoms with van der Waals surface area (Å²) in [4.78, 5) is 42.1.